The molecule has 0 amide bonds. The van der Waals surface area contributed by atoms with Gasteiger partial charge in [-0.15, -0.1) is 0 Å². The Kier molecular flexibility index (Phi) is 1.43. The van der Waals surface area contributed by atoms with E-state index in [-0.39, 0.29) is 23.6 Å². The van der Waals surface area contributed by atoms with Crippen LogP contribution in [0.25, 0.3) is 5.57 Å². The van der Waals surface area contributed by atoms with Crippen LogP contribution < -0.4 is 0 Å². The quantitative estimate of drug-likeness (QED) is 0.761. The van der Waals surface area contributed by atoms with Crippen LogP contribution in [0.15, 0.2) is 24.8 Å². The summed E-state index contributed by atoms with van der Waals surface area (Å²) in [7, 11) is 0. The van der Waals surface area contributed by atoms with Crippen molar-refractivity contribution in [3.05, 3.63) is 41.7 Å². The number of hydrogen-bond acceptors (Lipinski definition) is 1. The summed E-state index contributed by atoms with van der Waals surface area (Å²) in [6.07, 6.45) is 0. The van der Waals surface area contributed by atoms with E-state index < -0.39 is 5.97 Å². The van der Waals surface area contributed by atoms with E-state index >= 15 is 0 Å². The molecular weight excluding hydrogens is 195 g/mol. The zero-order valence-electron chi connectivity index (χ0n) is 7.90. The van der Waals surface area contributed by atoms with Crippen molar-refractivity contribution in [3.63, 3.8) is 0 Å². The molecule has 0 aromatic heterocycles. The van der Waals surface area contributed by atoms with Crippen molar-refractivity contribution in [3.8, 4) is 0 Å². The molecular formula is C12H9FO2. The summed E-state index contributed by atoms with van der Waals surface area (Å²) in [4.78, 5) is 10.9. The van der Waals surface area contributed by atoms with Crippen LogP contribution in [0.3, 0.4) is 0 Å². The maximum Gasteiger partial charge on any atom is 0.307 e. The van der Waals surface area contributed by atoms with E-state index in [4.69, 9.17) is 5.11 Å². The first-order valence-corrected chi connectivity index (χ1v) is 4.82. The first kappa shape index (κ1) is 8.65. The van der Waals surface area contributed by atoms with Gasteiger partial charge in [0, 0.05) is 11.8 Å². The van der Waals surface area contributed by atoms with Gasteiger partial charge in [-0.25, -0.2) is 4.39 Å². The van der Waals surface area contributed by atoms with Gasteiger partial charge in [0.1, 0.15) is 5.82 Å². The molecule has 0 saturated heterocycles. The van der Waals surface area contributed by atoms with Crippen molar-refractivity contribution in [1.82, 2.24) is 0 Å². The number of fused-ring (bicyclic) bond motifs is 3. The lowest BCUT2D eigenvalue weighted by Crippen LogP contribution is -2.04. The van der Waals surface area contributed by atoms with E-state index in [1.807, 2.05) is 0 Å². The SMILES string of the molecule is C=C1c2cc(F)ccc2C2C1C2C(=O)O. The number of rotatable bonds is 1. The Morgan fingerprint density at radius 1 is 1.40 bits per heavy atom. The van der Waals surface area contributed by atoms with Gasteiger partial charge in [0.2, 0.25) is 0 Å². The molecule has 0 aliphatic heterocycles. The highest BCUT2D eigenvalue weighted by molar-refractivity contribution is 5.89. The molecule has 2 nitrogen and oxygen atoms in total. The molecule has 0 spiro atoms. The van der Waals surface area contributed by atoms with Gasteiger partial charge < -0.3 is 5.11 Å². The fourth-order valence-corrected chi connectivity index (χ4v) is 2.72. The summed E-state index contributed by atoms with van der Waals surface area (Å²) < 4.78 is 13.0. The summed E-state index contributed by atoms with van der Waals surface area (Å²) >= 11 is 0. The molecule has 2 aliphatic rings. The van der Waals surface area contributed by atoms with Crippen LogP contribution in [0.2, 0.25) is 0 Å². The summed E-state index contributed by atoms with van der Waals surface area (Å²) in [6, 6.07) is 4.51. The molecule has 3 atom stereocenters. The Morgan fingerprint density at radius 3 is 2.80 bits per heavy atom. The zero-order chi connectivity index (χ0) is 10.7. The fourth-order valence-electron chi connectivity index (χ4n) is 2.72. The number of carboxylic acids is 1. The minimum Gasteiger partial charge on any atom is -0.481 e. The fraction of sp³-hybridized carbons (Fsp3) is 0.250. The molecule has 1 aromatic rings. The van der Waals surface area contributed by atoms with Crippen molar-refractivity contribution < 1.29 is 14.3 Å². The standard InChI is InChI=1S/C12H9FO2/c1-5-8-4-6(13)2-3-7(8)10-9(5)11(10)12(14)15/h2-4,9-11H,1H2,(H,14,15). The van der Waals surface area contributed by atoms with Crippen LogP contribution in [0, 0.1) is 17.7 Å². The first-order chi connectivity index (χ1) is 7.11. The molecule has 3 heteroatoms. The number of benzene rings is 1. The van der Waals surface area contributed by atoms with Gasteiger partial charge in [-0.1, -0.05) is 12.6 Å². The number of hydrogen-bond donors (Lipinski definition) is 1. The van der Waals surface area contributed by atoms with E-state index in [0.29, 0.717) is 0 Å². The summed E-state index contributed by atoms with van der Waals surface area (Å²) in [5.41, 5.74) is 2.53. The third-order valence-electron chi connectivity index (χ3n) is 3.43. The monoisotopic (exact) mass is 204 g/mol. The third kappa shape index (κ3) is 0.950. The van der Waals surface area contributed by atoms with Crippen molar-refractivity contribution in [2.45, 2.75) is 5.92 Å². The highest BCUT2D eigenvalue weighted by Crippen LogP contribution is 2.66. The molecule has 2 aliphatic carbocycles. The van der Waals surface area contributed by atoms with Gasteiger partial charge in [-0.3, -0.25) is 4.79 Å². The van der Waals surface area contributed by atoms with E-state index in [0.717, 1.165) is 16.7 Å². The predicted molar refractivity (Wildman–Crippen MR) is 52.8 cm³/mol. The van der Waals surface area contributed by atoms with Crippen LogP contribution in [0.4, 0.5) is 4.39 Å². The average Bonchev–Trinajstić information content (AvgIpc) is 2.85. The smallest absolute Gasteiger partial charge is 0.307 e. The molecule has 76 valence electrons. The number of halogens is 1. The van der Waals surface area contributed by atoms with Crippen LogP contribution in [0.5, 0.6) is 0 Å². The van der Waals surface area contributed by atoms with Gasteiger partial charge in [-0.05, 0) is 28.8 Å². The van der Waals surface area contributed by atoms with Gasteiger partial charge in [-0.2, -0.15) is 0 Å². The number of carbonyl (C=O) groups is 1. The zero-order valence-corrected chi connectivity index (χ0v) is 7.90. The maximum absolute atomic E-state index is 13.0. The number of carboxylic acid groups (broad SMARTS) is 1. The van der Waals surface area contributed by atoms with Gasteiger partial charge in [0.05, 0.1) is 5.92 Å². The van der Waals surface area contributed by atoms with E-state index in [9.17, 15) is 9.18 Å². The van der Waals surface area contributed by atoms with Crippen molar-refractivity contribution in [2.75, 3.05) is 0 Å². The molecule has 0 radical (unpaired) electrons. The molecule has 3 unspecified atom stereocenters. The Bertz CT molecular complexity index is 492. The summed E-state index contributed by atoms with van der Waals surface area (Å²) in [6.45, 7) is 3.86. The summed E-state index contributed by atoms with van der Waals surface area (Å²) in [5, 5.41) is 8.94. The Hall–Kier alpha value is -1.64. The van der Waals surface area contributed by atoms with Crippen molar-refractivity contribution >= 4 is 11.5 Å². The lowest BCUT2D eigenvalue weighted by molar-refractivity contribution is -0.138. The van der Waals surface area contributed by atoms with Gasteiger partial charge in [0.25, 0.3) is 0 Å². The third-order valence-corrected chi connectivity index (χ3v) is 3.43. The van der Waals surface area contributed by atoms with Crippen molar-refractivity contribution in [2.24, 2.45) is 11.8 Å². The Morgan fingerprint density at radius 2 is 2.13 bits per heavy atom. The second-order valence-electron chi connectivity index (χ2n) is 4.17. The average molecular weight is 204 g/mol. The molecule has 3 rings (SSSR count). The lowest BCUT2D eigenvalue weighted by Gasteiger charge is -2.06. The molecule has 0 bridgehead atoms. The minimum absolute atomic E-state index is 0.000648. The molecule has 1 fully saturated rings. The van der Waals surface area contributed by atoms with Crippen LogP contribution in [-0.2, 0) is 4.79 Å². The Balaban J connectivity index is 2.09. The molecule has 1 aromatic carbocycles. The highest BCUT2D eigenvalue weighted by atomic mass is 19.1. The van der Waals surface area contributed by atoms with Gasteiger partial charge >= 0.3 is 5.97 Å². The molecule has 15 heavy (non-hydrogen) atoms. The number of allylic oxidation sites excluding steroid dienone is 1. The van der Waals surface area contributed by atoms with E-state index in [1.165, 1.54) is 12.1 Å². The topological polar surface area (TPSA) is 37.3 Å². The maximum atomic E-state index is 13.0. The van der Waals surface area contributed by atoms with Crippen LogP contribution in [0.1, 0.15) is 17.0 Å². The normalized spacial score (nSPS) is 31.0. The van der Waals surface area contributed by atoms with Crippen LogP contribution in [-0.4, -0.2) is 11.1 Å². The van der Waals surface area contributed by atoms with Crippen LogP contribution >= 0.6 is 0 Å². The highest BCUT2D eigenvalue weighted by Gasteiger charge is 2.61. The molecule has 1 saturated carbocycles. The van der Waals surface area contributed by atoms with Gasteiger partial charge in [0.15, 0.2) is 0 Å². The molecule has 1 N–H and O–H groups in total. The number of aliphatic carboxylic acids is 1. The van der Waals surface area contributed by atoms with Crippen molar-refractivity contribution in [1.29, 1.82) is 0 Å². The molecule has 0 heterocycles. The minimum atomic E-state index is -0.777. The summed E-state index contributed by atoms with van der Waals surface area (Å²) in [5.74, 6) is -1.37. The second-order valence-corrected chi connectivity index (χ2v) is 4.17. The van der Waals surface area contributed by atoms with E-state index in [1.54, 1.807) is 6.07 Å². The second kappa shape index (κ2) is 2.48. The Labute approximate surface area is 86.0 Å². The largest absolute Gasteiger partial charge is 0.481 e. The van der Waals surface area contributed by atoms with E-state index in [2.05, 4.69) is 6.58 Å². The predicted octanol–water partition coefficient (Wildman–Crippen LogP) is 2.27. The first-order valence-electron chi connectivity index (χ1n) is 4.82. The lowest BCUT2D eigenvalue weighted by atomic mass is 9.99.